The maximum absolute atomic E-state index is 13.6. The molecule has 3 aromatic rings. The molecule has 0 atom stereocenters. The molecule has 1 aliphatic rings. The summed E-state index contributed by atoms with van der Waals surface area (Å²) in [6.45, 7) is 0. The van der Waals surface area contributed by atoms with Gasteiger partial charge < -0.3 is 5.11 Å². The monoisotopic (exact) mass is 331 g/mol. The number of nitrogens with zero attached hydrogens (tertiary/aromatic N) is 1. The summed E-state index contributed by atoms with van der Waals surface area (Å²) in [5.41, 5.74) is 4.84. The third-order valence-corrected chi connectivity index (χ3v) is 4.26. The normalized spacial score (nSPS) is 14.6. The van der Waals surface area contributed by atoms with Crippen molar-refractivity contribution in [3.05, 3.63) is 83.3 Å². The van der Waals surface area contributed by atoms with E-state index in [0.29, 0.717) is 11.1 Å². The minimum atomic E-state index is -0.933. The molecule has 0 unspecified atom stereocenters. The van der Waals surface area contributed by atoms with Crippen molar-refractivity contribution in [3.8, 4) is 0 Å². The predicted molar refractivity (Wildman–Crippen MR) is 96.2 cm³/mol. The molecule has 4 heteroatoms. The molecule has 0 aliphatic heterocycles. The average molecular weight is 331 g/mol. The highest BCUT2D eigenvalue weighted by Crippen LogP contribution is 2.38. The van der Waals surface area contributed by atoms with Crippen LogP contribution in [0.1, 0.15) is 23.1 Å². The summed E-state index contributed by atoms with van der Waals surface area (Å²) < 4.78 is 13.6. The van der Waals surface area contributed by atoms with Gasteiger partial charge in [-0.1, -0.05) is 24.3 Å². The molecular formula is C21H14FNO2. The number of fused-ring (bicyclic) bond motifs is 2. The van der Waals surface area contributed by atoms with E-state index in [-0.39, 0.29) is 12.2 Å². The molecule has 1 aromatic heterocycles. The van der Waals surface area contributed by atoms with Gasteiger partial charge in [-0.2, -0.15) is 0 Å². The number of benzene rings is 2. The Morgan fingerprint density at radius 2 is 2.00 bits per heavy atom. The Bertz CT molecular complexity index is 1070. The first-order valence-electron chi connectivity index (χ1n) is 7.89. The van der Waals surface area contributed by atoms with Gasteiger partial charge >= 0.3 is 5.97 Å². The fourth-order valence-electron chi connectivity index (χ4n) is 3.16. The van der Waals surface area contributed by atoms with Crippen LogP contribution in [0.25, 0.3) is 28.1 Å². The standard InChI is InChI=1S/C21H14FNO2/c22-17-5-6-18-15(10-16(11-21(24)25)19(18)12-17)8-13-3-4-14-2-1-7-23-20(14)9-13/h1-10,12H,11H2,(H,24,25)/b15-8+. The molecule has 2 aromatic carbocycles. The number of allylic oxidation sites excluding steroid dienone is 2. The molecule has 0 radical (unpaired) electrons. The van der Waals surface area contributed by atoms with Crippen LogP contribution in [0.15, 0.2) is 60.8 Å². The average Bonchev–Trinajstić information content (AvgIpc) is 2.91. The van der Waals surface area contributed by atoms with Gasteiger partial charge in [0.2, 0.25) is 0 Å². The van der Waals surface area contributed by atoms with E-state index in [1.807, 2.05) is 42.5 Å². The van der Waals surface area contributed by atoms with E-state index in [4.69, 9.17) is 5.11 Å². The smallest absolute Gasteiger partial charge is 0.307 e. The molecule has 0 spiro atoms. The van der Waals surface area contributed by atoms with Crippen molar-refractivity contribution in [3.63, 3.8) is 0 Å². The Labute approximate surface area is 143 Å². The number of halogens is 1. The first kappa shape index (κ1) is 15.3. The number of hydrogen-bond acceptors (Lipinski definition) is 2. The Hall–Kier alpha value is -3.27. The highest BCUT2D eigenvalue weighted by atomic mass is 19.1. The number of carbonyl (C=O) groups is 1. The van der Waals surface area contributed by atoms with Crippen LogP contribution in [-0.2, 0) is 4.79 Å². The van der Waals surface area contributed by atoms with Crippen molar-refractivity contribution in [1.82, 2.24) is 4.98 Å². The topological polar surface area (TPSA) is 50.2 Å². The van der Waals surface area contributed by atoms with Crippen LogP contribution in [0.2, 0.25) is 0 Å². The zero-order valence-electron chi connectivity index (χ0n) is 13.2. The minimum Gasteiger partial charge on any atom is -0.481 e. The Morgan fingerprint density at radius 1 is 1.12 bits per heavy atom. The van der Waals surface area contributed by atoms with Gasteiger partial charge in [-0.15, -0.1) is 0 Å². The third kappa shape index (κ3) is 2.94. The maximum atomic E-state index is 13.6. The molecule has 1 heterocycles. The van der Waals surface area contributed by atoms with Crippen molar-refractivity contribution < 1.29 is 14.3 Å². The molecule has 0 fully saturated rings. The summed E-state index contributed by atoms with van der Waals surface area (Å²) in [5.74, 6) is -1.30. The molecule has 0 bridgehead atoms. The fourth-order valence-corrected chi connectivity index (χ4v) is 3.16. The van der Waals surface area contributed by atoms with Gasteiger partial charge in [0, 0.05) is 11.6 Å². The lowest BCUT2D eigenvalue weighted by Crippen LogP contribution is -1.96. The SMILES string of the molecule is O=C(O)CC1=C/C(=C\c2ccc3cccnc3c2)c2ccc(F)cc21. The van der Waals surface area contributed by atoms with Gasteiger partial charge in [0.05, 0.1) is 11.9 Å². The third-order valence-electron chi connectivity index (χ3n) is 4.26. The summed E-state index contributed by atoms with van der Waals surface area (Å²) in [6, 6.07) is 14.3. The summed E-state index contributed by atoms with van der Waals surface area (Å²) in [5, 5.41) is 10.2. The largest absolute Gasteiger partial charge is 0.481 e. The molecule has 122 valence electrons. The molecular weight excluding hydrogens is 317 g/mol. The van der Waals surface area contributed by atoms with Crippen LogP contribution in [0.4, 0.5) is 4.39 Å². The molecule has 25 heavy (non-hydrogen) atoms. The van der Waals surface area contributed by atoms with Crippen molar-refractivity contribution in [2.24, 2.45) is 0 Å². The molecule has 4 rings (SSSR count). The maximum Gasteiger partial charge on any atom is 0.307 e. The summed E-state index contributed by atoms with van der Waals surface area (Å²) in [6.07, 6.45) is 5.41. The van der Waals surface area contributed by atoms with Crippen molar-refractivity contribution in [2.45, 2.75) is 6.42 Å². The molecule has 3 nitrogen and oxygen atoms in total. The van der Waals surface area contributed by atoms with Crippen molar-refractivity contribution in [2.75, 3.05) is 0 Å². The summed E-state index contributed by atoms with van der Waals surface area (Å²) >= 11 is 0. The minimum absolute atomic E-state index is 0.132. The first-order chi connectivity index (χ1) is 12.1. The number of hydrogen-bond donors (Lipinski definition) is 1. The van der Waals surface area contributed by atoms with Crippen molar-refractivity contribution in [1.29, 1.82) is 0 Å². The van der Waals surface area contributed by atoms with E-state index >= 15 is 0 Å². The Balaban J connectivity index is 1.82. The number of aliphatic carboxylic acids is 1. The van der Waals surface area contributed by atoms with Gasteiger partial charge in [-0.05, 0) is 64.3 Å². The lowest BCUT2D eigenvalue weighted by Gasteiger charge is -2.04. The lowest BCUT2D eigenvalue weighted by molar-refractivity contribution is -0.135. The van der Waals surface area contributed by atoms with Crippen LogP contribution < -0.4 is 0 Å². The number of rotatable bonds is 3. The van der Waals surface area contributed by atoms with E-state index in [0.717, 1.165) is 27.6 Å². The lowest BCUT2D eigenvalue weighted by atomic mass is 10.0. The summed E-state index contributed by atoms with van der Waals surface area (Å²) in [7, 11) is 0. The van der Waals surface area contributed by atoms with E-state index in [1.165, 1.54) is 12.1 Å². The predicted octanol–water partition coefficient (Wildman–Crippen LogP) is 4.79. The second-order valence-electron chi connectivity index (χ2n) is 5.99. The molecule has 1 aliphatic carbocycles. The van der Waals surface area contributed by atoms with Crippen LogP contribution in [0.3, 0.4) is 0 Å². The molecule has 1 N–H and O–H groups in total. The number of pyridine rings is 1. The van der Waals surface area contributed by atoms with Crippen molar-refractivity contribution >= 4 is 34.1 Å². The van der Waals surface area contributed by atoms with Gasteiger partial charge in [0.1, 0.15) is 5.82 Å². The van der Waals surface area contributed by atoms with Gasteiger partial charge in [-0.3, -0.25) is 9.78 Å². The van der Waals surface area contributed by atoms with Gasteiger partial charge in [0.15, 0.2) is 0 Å². The zero-order valence-corrected chi connectivity index (χ0v) is 13.2. The number of aromatic nitrogens is 1. The quantitative estimate of drug-likeness (QED) is 0.751. The molecule has 0 saturated carbocycles. The van der Waals surface area contributed by atoms with Crippen LogP contribution in [0, 0.1) is 5.82 Å². The second kappa shape index (κ2) is 5.98. The van der Waals surface area contributed by atoms with Gasteiger partial charge in [-0.25, -0.2) is 4.39 Å². The highest BCUT2D eigenvalue weighted by molar-refractivity contribution is 6.04. The van der Waals surface area contributed by atoms with Crippen LogP contribution in [-0.4, -0.2) is 16.1 Å². The second-order valence-corrected chi connectivity index (χ2v) is 5.99. The first-order valence-corrected chi connectivity index (χ1v) is 7.89. The Morgan fingerprint density at radius 3 is 2.84 bits per heavy atom. The van der Waals surface area contributed by atoms with E-state index < -0.39 is 5.97 Å². The van der Waals surface area contributed by atoms with E-state index in [2.05, 4.69) is 4.98 Å². The number of carboxylic acid groups (broad SMARTS) is 1. The fraction of sp³-hybridized carbons (Fsp3) is 0.0476. The molecule has 0 amide bonds. The van der Waals surface area contributed by atoms with E-state index in [9.17, 15) is 9.18 Å². The van der Waals surface area contributed by atoms with Crippen LogP contribution in [0.5, 0.6) is 0 Å². The number of carboxylic acids is 1. The zero-order chi connectivity index (χ0) is 17.4. The van der Waals surface area contributed by atoms with Gasteiger partial charge in [0.25, 0.3) is 0 Å². The summed E-state index contributed by atoms with van der Waals surface area (Å²) in [4.78, 5) is 15.5. The Kier molecular flexibility index (Phi) is 3.65. The highest BCUT2D eigenvalue weighted by Gasteiger charge is 2.20. The van der Waals surface area contributed by atoms with Crippen LogP contribution >= 0.6 is 0 Å². The molecule has 0 saturated heterocycles. The van der Waals surface area contributed by atoms with E-state index in [1.54, 1.807) is 12.3 Å².